The highest BCUT2D eigenvalue weighted by molar-refractivity contribution is 6.31. The molecule has 0 spiro atoms. The number of nitrogens with one attached hydrogen (secondary N) is 2. The van der Waals surface area contributed by atoms with Gasteiger partial charge in [-0.05, 0) is 36.2 Å². The normalized spacial score (nSPS) is 17.5. The predicted octanol–water partition coefficient (Wildman–Crippen LogP) is 3.74. The average Bonchev–Trinajstić information content (AvgIpc) is 2.74. The number of pyridine rings is 1. The smallest absolute Gasteiger partial charge is 0.191 e. The molecule has 1 fully saturated rings. The van der Waals surface area contributed by atoms with Gasteiger partial charge in [0.1, 0.15) is 11.6 Å². The monoisotopic (exact) mass is 447 g/mol. The molecule has 8 heteroatoms. The van der Waals surface area contributed by atoms with Gasteiger partial charge in [-0.15, -0.1) is 0 Å². The van der Waals surface area contributed by atoms with Crippen LogP contribution in [0, 0.1) is 5.82 Å². The SMILES string of the molecule is CN=C(NCc1ccc(N2CCOC(C)C2)nc1)NCC(C)(C)c1ccc(F)cc1Cl. The molecule has 6 nitrogen and oxygen atoms in total. The molecule has 1 aromatic heterocycles. The van der Waals surface area contributed by atoms with Crippen molar-refractivity contribution in [3.8, 4) is 0 Å². The lowest BCUT2D eigenvalue weighted by molar-refractivity contribution is 0.0529. The van der Waals surface area contributed by atoms with E-state index in [-0.39, 0.29) is 17.3 Å². The van der Waals surface area contributed by atoms with Crippen molar-refractivity contribution in [3.63, 3.8) is 0 Å². The van der Waals surface area contributed by atoms with Crippen LogP contribution in [0.3, 0.4) is 0 Å². The Balaban J connectivity index is 1.53. The predicted molar refractivity (Wildman–Crippen MR) is 125 cm³/mol. The van der Waals surface area contributed by atoms with Gasteiger partial charge in [0, 0.05) is 49.9 Å². The number of ether oxygens (including phenoxy) is 1. The topological polar surface area (TPSA) is 61.8 Å². The van der Waals surface area contributed by atoms with Gasteiger partial charge in [0.2, 0.25) is 0 Å². The summed E-state index contributed by atoms with van der Waals surface area (Å²) in [5, 5.41) is 7.07. The second-order valence-corrected chi connectivity index (χ2v) is 8.85. The number of morpholine rings is 1. The van der Waals surface area contributed by atoms with Crippen molar-refractivity contribution in [3.05, 3.63) is 58.5 Å². The highest BCUT2D eigenvalue weighted by atomic mass is 35.5. The number of guanidine groups is 1. The van der Waals surface area contributed by atoms with Crippen LogP contribution in [0.4, 0.5) is 10.2 Å². The van der Waals surface area contributed by atoms with Crippen LogP contribution in [0.5, 0.6) is 0 Å². The number of aliphatic imine (C=N–C) groups is 1. The van der Waals surface area contributed by atoms with Crippen LogP contribution in [-0.2, 0) is 16.7 Å². The number of benzene rings is 1. The summed E-state index contributed by atoms with van der Waals surface area (Å²) in [5.41, 5.74) is 1.64. The molecule has 1 aromatic carbocycles. The third-order valence-corrected chi connectivity index (χ3v) is 5.73. The Morgan fingerprint density at radius 3 is 2.77 bits per heavy atom. The van der Waals surface area contributed by atoms with Crippen LogP contribution in [0.25, 0.3) is 0 Å². The maximum absolute atomic E-state index is 13.4. The molecule has 0 radical (unpaired) electrons. The fourth-order valence-corrected chi connectivity index (χ4v) is 4.00. The molecule has 1 aliphatic rings. The number of halogens is 2. The fourth-order valence-electron chi connectivity index (χ4n) is 3.58. The Hall–Kier alpha value is -2.38. The van der Waals surface area contributed by atoms with E-state index in [2.05, 4.69) is 52.3 Å². The molecular formula is C23H31ClFN5O. The number of rotatable bonds is 6. The number of anilines is 1. The lowest BCUT2D eigenvalue weighted by atomic mass is 9.84. The van der Waals surface area contributed by atoms with E-state index >= 15 is 0 Å². The van der Waals surface area contributed by atoms with Crippen LogP contribution in [0.2, 0.25) is 5.02 Å². The third kappa shape index (κ3) is 6.31. The molecule has 1 unspecified atom stereocenters. The van der Waals surface area contributed by atoms with E-state index in [1.54, 1.807) is 13.1 Å². The highest BCUT2D eigenvalue weighted by Gasteiger charge is 2.24. The molecule has 0 saturated carbocycles. The minimum absolute atomic E-state index is 0.223. The third-order valence-electron chi connectivity index (χ3n) is 5.42. The number of hydrogen-bond acceptors (Lipinski definition) is 4. The zero-order chi connectivity index (χ0) is 22.4. The molecule has 0 bridgehead atoms. The molecule has 0 aliphatic carbocycles. The molecule has 3 rings (SSSR count). The average molecular weight is 448 g/mol. The second-order valence-electron chi connectivity index (χ2n) is 8.44. The molecule has 0 amide bonds. The van der Waals surface area contributed by atoms with E-state index in [0.29, 0.717) is 24.1 Å². The fraction of sp³-hybridized carbons (Fsp3) is 0.478. The van der Waals surface area contributed by atoms with Gasteiger partial charge in [-0.2, -0.15) is 0 Å². The van der Waals surface area contributed by atoms with E-state index in [1.165, 1.54) is 12.1 Å². The quantitative estimate of drug-likeness (QED) is 0.521. The standard InChI is InChI=1S/C23H31ClFN5O/c1-16-14-30(9-10-31-16)21-8-5-17(12-27-21)13-28-22(26-4)29-15-23(2,3)19-7-6-18(25)11-20(19)24/h5-8,11-12,16H,9-10,13-15H2,1-4H3,(H2,26,28,29). The van der Waals surface area contributed by atoms with Crippen molar-refractivity contribution < 1.29 is 9.13 Å². The van der Waals surface area contributed by atoms with Gasteiger partial charge in [-0.1, -0.05) is 37.6 Å². The summed E-state index contributed by atoms with van der Waals surface area (Å²) in [6.45, 7) is 9.83. The largest absolute Gasteiger partial charge is 0.375 e. The van der Waals surface area contributed by atoms with Crippen molar-refractivity contribution in [1.82, 2.24) is 15.6 Å². The Morgan fingerprint density at radius 2 is 2.13 bits per heavy atom. The first-order valence-electron chi connectivity index (χ1n) is 10.5. The van der Waals surface area contributed by atoms with Crippen molar-refractivity contribution in [1.29, 1.82) is 0 Å². The zero-order valence-corrected chi connectivity index (χ0v) is 19.3. The zero-order valence-electron chi connectivity index (χ0n) is 18.6. The summed E-state index contributed by atoms with van der Waals surface area (Å²) in [6, 6.07) is 8.64. The molecule has 2 aromatic rings. The van der Waals surface area contributed by atoms with Gasteiger partial charge >= 0.3 is 0 Å². The van der Waals surface area contributed by atoms with Crippen LogP contribution >= 0.6 is 11.6 Å². The lowest BCUT2D eigenvalue weighted by Gasteiger charge is -2.32. The van der Waals surface area contributed by atoms with Crippen molar-refractivity contribution in [2.24, 2.45) is 4.99 Å². The molecule has 168 valence electrons. The van der Waals surface area contributed by atoms with Crippen LogP contribution in [0.1, 0.15) is 31.9 Å². The van der Waals surface area contributed by atoms with Crippen molar-refractivity contribution >= 4 is 23.4 Å². The molecular weight excluding hydrogens is 417 g/mol. The van der Waals surface area contributed by atoms with Crippen molar-refractivity contribution in [2.45, 2.75) is 38.8 Å². The second kappa shape index (κ2) is 10.3. The van der Waals surface area contributed by atoms with Crippen LogP contribution < -0.4 is 15.5 Å². The maximum Gasteiger partial charge on any atom is 0.191 e. The molecule has 1 aliphatic heterocycles. The highest BCUT2D eigenvalue weighted by Crippen LogP contribution is 2.29. The van der Waals surface area contributed by atoms with Crippen LogP contribution in [0.15, 0.2) is 41.5 Å². The first-order chi connectivity index (χ1) is 14.8. The van der Waals surface area contributed by atoms with Crippen molar-refractivity contribution in [2.75, 3.05) is 38.2 Å². The van der Waals surface area contributed by atoms with E-state index in [9.17, 15) is 4.39 Å². The van der Waals surface area contributed by atoms with Gasteiger partial charge in [0.15, 0.2) is 5.96 Å². The molecule has 1 atom stereocenters. The first kappa shape index (κ1) is 23.3. The number of aromatic nitrogens is 1. The van der Waals surface area contributed by atoms with Gasteiger partial charge < -0.3 is 20.3 Å². The lowest BCUT2D eigenvalue weighted by Crippen LogP contribution is -2.43. The molecule has 2 heterocycles. The maximum atomic E-state index is 13.4. The Bertz CT molecular complexity index is 903. The molecule has 2 N–H and O–H groups in total. The molecule has 31 heavy (non-hydrogen) atoms. The summed E-state index contributed by atoms with van der Waals surface area (Å²) < 4.78 is 19.0. The summed E-state index contributed by atoms with van der Waals surface area (Å²) >= 11 is 6.25. The Labute approximate surface area is 188 Å². The number of nitrogens with zero attached hydrogens (tertiary/aromatic N) is 3. The summed E-state index contributed by atoms with van der Waals surface area (Å²) in [4.78, 5) is 11.1. The van der Waals surface area contributed by atoms with Gasteiger partial charge in [0.25, 0.3) is 0 Å². The first-order valence-corrected chi connectivity index (χ1v) is 10.9. The molecule has 1 saturated heterocycles. The minimum atomic E-state index is -0.335. The summed E-state index contributed by atoms with van der Waals surface area (Å²) in [7, 11) is 1.73. The van der Waals surface area contributed by atoms with Gasteiger partial charge in [-0.3, -0.25) is 4.99 Å². The van der Waals surface area contributed by atoms with E-state index in [1.807, 2.05) is 12.3 Å². The van der Waals surface area contributed by atoms with Crippen LogP contribution in [-0.4, -0.2) is 50.3 Å². The van der Waals surface area contributed by atoms with Gasteiger partial charge in [0.05, 0.1) is 12.7 Å². The summed E-state index contributed by atoms with van der Waals surface area (Å²) in [5.74, 6) is 1.31. The summed E-state index contributed by atoms with van der Waals surface area (Å²) in [6.07, 6.45) is 2.11. The Morgan fingerprint density at radius 1 is 1.32 bits per heavy atom. The van der Waals surface area contributed by atoms with E-state index in [0.717, 1.165) is 36.6 Å². The Kier molecular flexibility index (Phi) is 7.73. The minimum Gasteiger partial charge on any atom is -0.375 e. The number of hydrogen-bond donors (Lipinski definition) is 2. The van der Waals surface area contributed by atoms with E-state index < -0.39 is 0 Å². The van der Waals surface area contributed by atoms with Gasteiger partial charge in [-0.25, -0.2) is 9.37 Å². The van der Waals surface area contributed by atoms with E-state index in [4.69, 9.17) is 16.3 Å².